The van der Waals surface area contributed by atoms with E-state index in [2.05, 4.69) is 17.4 Å². The molecule has 0 fully saturated rings. The lowest BCUT2D eigenvalue weighted by Crippen LogP contribution is -2.27. The monoisotopic (exact) mass is 412 g/mol. The summed E-state index contributed by atoms with van der Waals surface area (Å²) in [6.07, 6.45) is 0.787. The Labute approximate surface area is 181 Å². The van der Waals surface area contributed by atoms with Crippen LogP contribution < -0.4 is 5.32 Å². The number of pyridine rings is 1. The molecule has 5 nitrogen and oxygen atoms in total. The Hall–Kier alpha value is -3.86. The van der Waals surface area contributed by atoms with Gasteiger partial charge in [-0.1, -0.05) is 54.6 Å². The summed E-state index contributed by atoms with van der Waals surface area (Å²) in [5.41, 5.74) is 5.62. The van der Waals surface area contributed by atoms with Gasteiger partial charge in [0.15, 0.2) is 11.5 Å². The zero-order valence-corrected chi connectivity index (χ0v) is 17.3. The lowest BCUT2D eigenvalue weighted by molar-refractivity contribution is -0.120. The van der Waals surface area contributed by atoms with Crippen molar-refractivity contribution in [3.63, 3.8) is 0 Å². The van der Waals surface area contributed by atoms with E-state index in [0.29, 0.717) is 13.0 Å². The van der Waals surface area contributed by atoms with Crippen LogP contribution in [0, 0.1) is 6.92 Å². The largest absolute Gasteiger partial charge is 0.504 e. The highest BCUT2D eigenvalue weighted by Gasteiger charge is 2.17. The molecule has 0 aliphatic rings. The quantitative estimate of drug-likeness (QED) is 0.407. The molecule has 1 heterocycles. The fraction of sp³-hybridized carbons (Fsp3) is 0.154. The van der Waals surface area contributed by atoms with Gasteiger partial charge in [-0.2, -0.15) is 0 Å². The molecule has 0 unspecified atom stereocenters. The summed E-state index contributed by atoms with van der Waals surface area (Å²) in [5, 5.41) is 23.0. The maximum Gasteiger partial charge on any atom is 0.224 e. The molecule has 1 amide bonds. The molecule has 1 aromatic heterocycles. The third kappa shape index (κ3) is 4.51. The van der Waals surface area contributed by atoms with E-state index in [1.165, 1.54) is 12.1 Å². The Morgan fingerprint density at radius 1 is 0.935 bits per heavy atom. The van der Waals surface area contributed by atoms with Crippen molar-refractivity contribution in [1.29, 1.82) is 0 Å². The van der Waals surface area contributed by atoms with E-state index in [9.17, 15) is 15.0 Å². The number of nitrogens with zero attached hydrogens (tertiary/aromatic N) is 1. The molecular formula is C26H24N2O3. The average molecular weight is 412 g/mol. The van der Waals surface area contributed by atoms with Crippen LogP contribution >= 0.6 is 0 Å². The predicted octanol–water partition coefficient (Wildman–Crippen LogP) is 4.52. The Balaban J connectivity index is 1.57. The molecule has 31 heavy (non-hydrogen) atoms. The molecule has 0 bridgehead atoms. The highest BCUT2D eigenvalue weighted by atomic mass is 16.3. The van der Waals surface area contributed by atoms with Gasteiger partial charge in [0.25, 0.3) is 0 Å². The number of aryl methyl sites for hydroxylation is 1. The summed E-state index contributed by atoms with van der Waals surface area (Å²) in [7, 11) is 0. The van der Waals surface area contributed by atoms with Crippen LogP contribution in [0.2, 0.25) is 0 Å². The Morgan fingerprint density at radius 3 is 2.45 bits per heavy atom. The van der Waals surface area contributed by atoms with Gasteiger partial charge in [0.2, 0.25) is 5.91 Å². The summed E-state index contributed by atoms with van der Waals surface area (Å²) in [6, 6.07) is 22.8. The molecule has 0 saturated heterocycles. The molecule has 4 aromatic rings. The van der Waals surface area contributed by atoms with Gasteiger partial charge in [0.05, 0.1) is 11.9 Å². The number of phenols is 2. The molecule has 156 valence electrons. The minimum absolute atomic E-state index is 0.0830. The molecular weight excluding hydrogens is 388 g/mol. The molecule has 0 aliphatic heterocycles. The van der Waals surface area contributed by atoms with Crippen LogP contribution in [-0.2, 0) is 17.6 Å². The van der Waals surface area contributed by atoms with Gasteiger partial charge < -0.3 is 15.5 Å². The van der Waals surface area contributed by atoms with Crippen LogP contribution in [0.15, 0.2) is 72.8 Å². The zero-order valence-electron chi connectivity index (χ0n) is 17.3. The third-order valence-electron chi connectivity index (χ3n) is 5.38. The van der Waals surface area contributed by atoms with Crippen LogP contribution in [0.3, 0.4) is 0 Å². The summed E-state index contributed by atoms with van der Waals surface area (Å²) >= 11 is 0. The first-order valence-corrected chi connectivity index (χ1v) is 10.2. The fourth-order valence-corrected chi connectivity index (χ4v) is 3.82. The predicted molar refractivity (Wildman–Crippen MR) is 122 cm³/mol. The van der Waals surface area contributed by atoms with Crippen LogP contribution in [0.5, 0.6) is 11.5 Å². The number of nitrogens with one attached hydrogen (secondary N) is 1. The number of phenolic OH excluding ortho intramolecular Hbond substituents is 2. The normalized spacial score (nSPS) is 10.9. The summed E-state index contributed by atoms with van der Waals surface area (Å²) in [5.74, 6) is -0.393. The minimum atomic E-state index is -0.158. The van der Waals surface area contributed by atoms with Crippen molar-refractivity contribution < 1.29 is 15.0 Å². The molecule has 4 rings (SSSR count). The van der Waals surface area contributed by atoms with Crippen molar-refractivity contribution in [2.24, 2.45) is 0 Å². The second-order valence-corrected chi connectivity index (χ2v) is 7.53. The van der Waals surface area contributed by atoms with Gasteiger partial charge in [-0.25, -0.2) is 0 Å². The van der Waals surface area contributed by atoms with E-state index in [1.54, 1.807) is 6.07 Å². The van der Waals surface area contributed by atoms with E-state index in [4.69, 9.17) is 4.98 Å². The van der Waals surface area contributed by atoms with Crippen LogP contribution in [0.25, 0.3) is 22.0 Å². The van der Waals surface area contributed by atoms with E-state index < -0.39 is 0 Å². The number of amides is 1. The molecule has 0 aliphatic carbocycles. The molecule has 0 spiro atoms. The highest BCUT2D eigenvalue weighted by molar-refractivity contribution is 5.98. The van der Waals surface area contributed by atoms with Gasteiger partial charge in [0.1, 0.15) is 0 Å². The number of fused-ring (bicyclic) bond motifs is 1. The van der Waals surface area contributed by atoms with Crippen LogP contribution in [-0.4, -0.2) is 27.6 Å². The SMILES string of the molecule is Cc1nc2ccccc2c(-c2ccccc2)c1CC(=O)NCCc1ccc(O)c(O)c1. The molecule has 0 saturated carbocycles. The summed E-state index contributed by atoms with van der Waals surface area (Å²) in [6.45, 7) is 2.38. The number of aromatic hydroxyl groups is 2. The van der Waals surface area contributed by atoms with Gasteiger partial charge in [0, 0.05) is 17.6 Å². The molecule has 3 N–H and O–H groups in total. The van der Waals surface area contributed by atoms with Gasteiger partial charge in [-0.05, 0) is 53.8 Å². The molecule has 0 radical (unpaired) electrons. The van der Waals surface area contributed by atoms with Gasteiger partial charge >= 0.3 is 0 Å². The van der Waals surface area contributed by atoms with Crippen molar-refractivity contribution in [1.82, 2.24) is 10.3 Å². The van der Waals surface area contributed by atoms with Crippen LogP contribution in [0.1, 0.15) is 16.8 Å². The highest BCUT2D eigenvalue weighted by Crippen LogP contribution is 2.33. The zero-order chi connectivity index (χ0) is 21.8. The first-order valence-electron chi connectivity index (χ1n) is 10.2. The number of hydrogen-bond donors (Lipinski definition) is 3. The fourth-order valence-electron chi connectivity index (χ4n) is 3.82. The molecule has 5 heteroatoms. The number of aromatic nitrogens is 1. The first-order chi connectivity index (χ1) is 15.0. The topological polar surface area (TPSA) is 82.5 Å². The Morgan fingerprint density at radius 2 is 1.68 bits per heavy atom. The van der Waals surface area contributed by atoms with Crippen molar-refractivity contribution in [2.75, 3.05) is 6.54 Å². The Kier molecular flexibility index (Phi) is 5.85. The number of para-hydroxylation sites is 1. The average Bonchev–Trinajstić information content (AvgIpc) is 2.77. The second kappa shape index (κ2) is 8.88. The van der Waals surface area contributed by atoms with Crippen LogP contribution in [0.4, 0.5) is 0 Å². The standard InChI is InChI=1S/C26H24N2O3/c1-17-21(16-25(31)27-14-13-18-11-12-23(29)24(30)15-18)26(19-7-3-2-4-8-19)20-9-5-6-10-22(20)28-17/h2-12,15,29-30H,13-14,16H2,1H3,(H,27,31). The van der Waals surface area contributed by atoms with Crippen molar-refractivity contribution in [3.05, 3.63) is 89.6 Å². The first kappa shape index (κ1) is 20.4. The van der Waals surface area contributed by atoms with Gasteiger partial charge in [-0.15, -0.1) is 0 Å². The maximum atomic E-state index is 12.8. The minimum Gasteiger partial charge on any atom is -0.504 e. The lowest BCUT2D eigenvalue weighted by Gasteiger charge is -2.16. The molecule has 0 atom stereocenters. The van der Waals surface area contributed by atoms with E-state index in [-0.39, 0.29) is 23.8 Å². The maximum absolute atomic E-state index is 12.8. The van der Waals surface area contributed by atoms with Crippen molar-refractivity contribution in [2.45, 2.75) is 19.8 Å². The number of benzene rings is 3. The van der Waals surface area contributed by atoms with Crippen molar-refractivity contribution in [3.8, 4) is 22.6 Å². The van der Waals surface area contributed by atoms with Crippen molar-refractivity contribution >= 4 is 16.8 Å². The number of carbonyl (C=O) groups excluding carboxylic acids is 1. The number of carbonyl (C=O) groups is 1. The molecule has 3 aromatic carbocycles. The van der Waals surface area contributed by atoms with E-state index in [0.717, 1.165) is 38.9 Å². The smallest absolute Gasteiger partial charge is 0.224 e. The second-order valence-electron chi connectivity index (χ2n) is 7.53. The Bertz CT molecular complexity index is 1240. The number of rotatable bonds is 6. The van der Waals surface area contributed by atoms with E-state index in [1.807, 2.05) is 49.4 Å². The third-order valence-corrected chi connectivity index (χ3v) is 5.38. The van der Waals surface area contributed by atoms with E-state index >= 15 is 0 Å². The number of hydrogen-bond acceptors (Lipinski definition) is 4. The summed E-state index contributed by atoms with van der Waals surface area (Å²) in [4.78, 5) is 17.5. The lowest BCUT2D eigenvalue weighted by atomic mass is 9.92. The van der Waals surface area contributed by atoms with Gasteiger partial charge in [-0.3, -0.25) is 9.78 Å². The summed E-state index contributed by atoms with van der Waals surface area (Å²) < 4.78 is 0.